The van der Waals surface area contributed by atoms with Crippen molar-refractivity contribution < 1.29 is 9.53 Å². The second-order valence-electron chi connectivity index (χ2n) is 5.47. The molecule has 1 N–H and O–H groups in total. The van der Waals surface area contributed by atoms with Gasteiger partial charge in [-0.15, -0.1) is 0 Å². The number of nitrogens with one attached hydrogen (secondary N) is 1. The van der Waals surface area contributed by atoms with Crippen LogP contribution in [-0.2, 0) is 4.79 Å². The number of ether oxygens (including phenoxy) is 1. The molecule has 3 heteroatoms. The van der Waals surface area contributed by atoms with Crippen LogP contribution in [-0.4, -0.2) is 12.0 Å². The highest BCUT2D eigenvalue weighted by Gasteiger charge is 2.20. The van der Waals surface area contributed by atoms with Crippen LogP contribution in [0.25, 0.3) is 0 Å². The molecule has 0 saturated carbocycles. The van der Waals surface area contributed by atoms with Crippen LogP contribution in [0.3, 0.4) is 0 Å². The average Bonchev–Trinajstić information content (AvgIpc) is 2.53. The molecule has 1 amide bonds. The lowest BCUT2D eigenvalue weighted by atomic mass is 10.1. The molecule has 0 aliphatic heterocycles. The molecular weight excluding hydrogens is 274 g/mol. The van der Waals surface area contributed by atoms with Crippen molar-refractivity contribution in [3.8, 4) is 5.75 Å². The maximum absolute atomic E-state index is 12.4. The Balaban J connectivity index is 2.00. The maximum atomic E-state index is 12.4. The van der Waals surface area contributed by atoms with Crippen LogP contribution >= 0.6 is 0 Å². The minimum atomic E-state index is -0.479. The van der Waals surface area contributed by atoms with Crippen molar-refractivity contribution in [3.05, 3.63) is 65.7 Å². The summed E-state index contributed by atoms with van der Waals surface area (Å²) in [6, 6.07) is 17.6. The van der Waals surface area contributed by atoms with E-state index in [1.807, 2.05) is 75.4 Å². The Morgan fingerprint density at radius 2 is 1.86 bits per heavy atom. The van der Waals surface area contributed by atoms with E-state index in [2.05, 4.69) is 5.32 Å². The Morgan fingerprint density at radius 3 is 2.50 bits per heavy atom. The molecular formula is C19H23NO2. The maximum Gasteiger partial charge on any atom is 0.261 e. The lowest BCUT2D eigenvalue weighted by molar-refractivity contribution is -0.128. The van der Waals surface area contributed by atoms with Crippen molar-refractivity contribution in [2.24, 2.45) is 0 Å². The zero-order valence-electron chi connectivity index (χ0n) is 13.4. The third kappa shape index (κ3) is 4.35. The van der Waals surface area contributed by atoms with E-state index in [1.165, 1.54) is 0 Å². The van der Waals surface area contributed by atoms with Crippen molar-refractivity contribution in [1.82, 2.24) is 5.32 Å². The molecule has 0 heterocycles. The van der Waals surface area contributed by atoms with Crippen LogP contribution < -0.4 is 10.1 Å². The van der Waals surface area contributed by atoms with Gasteiger partial charge in [0.1, 0.15) is 5.75 Å². The first-order valence-electron chi connectivity index (χ1n) is 7.68. The number of hydrogen-bond acceptors (Lipinski definition) is 2. The number of hydrogen-bond donors (Lipinski definition) is 1. The van der Waals surface area contributed by atoms with Crippen LogP contribution in [0.2, 0.25) is 0 Å². The van der Waals surface area contributed by atoms with E-state index in [9.17, 15) is 4.79 Å². The summed E-state index contributed by atoms with van der Waals surface area (Å²) < 4.78 is 5.83. The number of rotatable bonds is 6. The van der Waals surface area contributed by atoms with Gasteiger partial charge >= 0.3 is 0 Å². The van der Waals surface area contributed by atoms with Gasteiger partial charge in [-0.05, 0) is 43.5 Å². The normalized spacial score (nSPS) is 13.2. The number of carbonyl (C=O) groups is 1. The largest absolute Gasteiger partial charge is 0.481 e. The Labute approximate surface area is 132 Å². The van der Waals surface area contributed by atoms with Crippen LogP contribution in [0.15, 0.2) is 54.6 Å². The molecule has 0 bridgehead atoms. The Kier molecular flexibility index (Phi) is 5.59. The van der Waals surface area contributed by atoms with Gasteiger partial charge in [-0.1, -0.05) is 49.4 Å². The molecule has 2 aromatic carbocycles. The van der Waals surface area contributed by atoms with Gasteiger partial charge in [-0.3, -0.25) is 4.79 Å². The minimum absolute atomic E-state index is 0.0381. The predicted octanol–water partition coefficient (Wildman–Crippen LogP) is 4.03. The lowest BCUT2D eigenvalue weighted by Gasteiger charge is -2.21. The SMILES string of the molecule is CCC(Oc1cccc(C)c1)C(=O)N[C@@H](C)c1ccccc1. The highest BCUT2D eigenvalue weighted by atomic mass is 16.5. The molecule has 0 saturated heterocycles. The van der Waals surface area contributed by atoms with E-state index in [4.69, 9.17) is 4.74 Å². The van der Waals surface area contributed by atoms with Crippen molar-refractivity contribution >= 4 is 5.91 Å². The number of aryl methyl sites for hydroxylation is 1. The number of amides is 1. The lowest BCUT2D eigenvalue weighted by Crippen LogP contribution is -2.39. The molecule has 116 valence electrons. The fourth-order valence-corrected chi connectivity index (χ4v) is 2.31. The smallest absolute Gasteiger partial charge is 0.261 e. The standard InChI is InChI=1S/C19H23NO2/c1-4-18(22-17-12-8-9-14(2)13-17)19(21)20-15(3)16-10-6-5-7-11-16/h5-13,15,18H,4H2,1-3H3,(H,20,21)/t15-,18?/m0/s1. The van der Waals surface area contributed by atoms with Crippen molar-refractivity contribution in [2.45, 2.75) is 39.3 Å². The fourth-order valence-electron chi connectivity index (χ4n) is 2.31. The molecule has 2 rings (SSSR count). The highest BCUT2D eigenvalue weighted by molar-refractivity contribution is 5.81. The van der Waals surface area contributed by atoms with E-state index in [1.54, 1.807) is 0 Å². The number of carbonyl (C=O) groups excluding carboxylic acids is 1. The van der Waals surface area contributed by atoms with E-state index < -0.39 is 6.10 Å². The minimum Gasteiger partial charge on any atom is -0.481 e. The summed E-state index contributed by atoms with van der Waals surface area (Å²) in [7, 11) is 0. The van der Waals surface area contributed by atoms with E-state index >= 15 is 0 Å². The van der Waals surface area contributed by atoms with Gasteiger partial charge in [0.25, 0.3) is 5.91 Å². The Morgan fingerprint density at radius 1 is 1.14 bits per heavy atom. The quantitative estimate of drug-likeness (QED) is 0.874. The molecule has 3 nitrogen and oxygen atoms in total. The second-order valence-corrected chi connectivity index (χ2v) is 5.47. The van der Waals surface area contributed by atoms with Gasteiger partial charge in [0, 0.05) is 0 Å². The molecule has 1 unspecified atom stereocenters. The second kappa shape index (κ2) is 7.64. The molecule has 0 aromatic heterocycles. The molecule has 2 aromatic rings. The van der Waals surface area contributed by atoms with Gasteiger partial charge in [0.05, 0.1) is 6.04 Å². The number of benzene rings is 2. The van der Waals surface area contributed by atoms with Crippen LogP contribution in [0.4, 0.5) is 0 Å². The van der Waals surface area contributed by atoms with Crippen molar-refractivity contribution in [1.29, 1.82) is 0 Å². The summed E-state index contributed by atoms with van der Waals surface area (Å²) in [5.74, 6) is 0.648. The van der Waals surface area contributed by atoms with Gasteiger partial charge < -0.3 is 10.1 Å². The van der Waals surface area contributed by atoms with Gasteiger partial charge in [0.15, 0.2) is 6.10 Å². The first-order chi connectivity index (χ1) is 10.6. The molecule has 0 aliphatic carbocycles. The van der Waals surface area contributed by atoms with Gasteiger partial charge in [-0.2, -0.15) is 0 Å². The van der Waals surface area contributed by atoms with E-state index in [0.717, 1.165) is 16.9 Å². The van der Waals surface area contributed by atoms with Crippen LogP contribution in [0, 0.1) is 6.92 Å². The molecule has 0 fully saturated rings. The van der Waals surface area contributed by atoms with Gasteiger partial charge in [-0.25, -0.2) is 0 Å². The monoisotopic (exact) mass is 297 g/mol. The van der Waals surface area contributed by atoms with E-state index in [-0.39, 0.29) is 11.9 Å². The first kappa shape index (κ1) is 16.1. The topological polar surface area (TPSA) is 38.3 Å². The van der Waals surface area contributed by atoms with Crippen molar-refractivity contribution in [2.75, 3.05) is 0 Å². The van der Waals surface area contributed by atoms with Gasteiger partial charge in [0.2, 0.25) is 0 Å². The summed E-state index contributed by atoms with van der Waals surface area (Å²) in [4.78, 5) is 12.4. The van der Waals surface area contributed by atoms with Crippen LogP contribution in [0.1, 0.15) is 37.4 Å². The van der Waals surface area contributed by atoms with Crippen LogP contribution in [0.5, 0.6) is 5.75 Å². The average molecular weight is 297 g/mol. The zero-order valence-corrected chi connectivity index (χ0v) is 13.4. The fraction of sp³-hybridized carbons (Fsp3) is 0.316. The predicted molar refractivity (Wildman–Crippen MR) is 88.9 cm³/mol. The zero-order chi connectivity index (χ0) is 15.9. The highest BCUT2D eigenvalue weighted by Crippen LogP contribution is 2.17. The summed E-state index contributed by atoms with van der Waals surface area (Å²) in [6.07, 6.45) is 0.148. The van der Waals surface area contributed by atoms with E-state index in [0.29, 0.717) is 6.42 Å². The summed E-state index contributed by atoms with van der Waals surface area (Å²) in [5, 5.41) is 3.02. The third-order valence-corrected chi connectivity index (χ3v) is 3.59. The molecule has 0 spiro atoms. The summed E-state index contributed by atoms with van der Waals surface area (Å²) in [5.41, 5.74) is 2.20. The molecule has 0 aliphatic rings. The molecule has 22 heavy (non-hydrogen) atoms. The third-order valence-electron chi connectivity index (χ3n) is 3.59. The Hall–Kier alpha value is -2.29. The molecule has 0 radical (unpaired) electrons. The molecule has 2 atom stereocenters. The summed E-state index contributed by atoms with van der Waals surface area (Å²) >= 11 is 0. The summed E-state index contributed by atoms with van der Waals surface area (Å²) in [6.45, 7) is 5.94. The first-order valence-corrected chi connectivity index (χ1v) is 7.68. The van der Waals surface area contributed by atoms with Crippen molar-refractivity contribution in [3.63, 3.8) is 0 Å². The Bertz CT molecular complexity index is 610.